The first kappa shape index (κ1) is 31.1. The molecular formula is C37H40FN5O3. The molecular weight excluding hydrogens is 581 g/mol. The monoisotopic (exact) mass is 621 g/mol. The summed E-state index contributed by atoms with van der Waals surface area (Å²) in [5.74, 6) is -0.0322. The van der Waals surface area contributed by atoms with Crippen LogP contribution in [0.15, 0.2) is 95.7 Å². The van der Waals surface area contributed by atoms with E-state index >= 15 is 0 Å². The number of nitrogens with zero attached hydrogens (tertiary/aromatic N) is 2. The standard InChI is InChI=1S/C37H40FN5O3/c1-24(31-22-39-32-8-5-4-7-29(31)32)35(41-37(45)43-18-16-27(17-19-43)26-11-13-28(38)14-12-26)36(44)40-33-21-25(23-42(2)3)10-15-30(33)34-9-6-20-46-34/h4-15,20-22,24,27,35,39H,16-19,23H2,1-3H3,(H,40,44)(H,41,45). The molecule has 0 radical (unpaired) electrons. The highest BCUT2D eigenvalue weighted by atomic mass is 19.1. The molecule has 5 aromatic rings. The van der Waals surface area contributed by atoms with E-state index in [1.807, 2.05) is 93.9 Å². The number of carbonyl (C=O) groups excluding carboxylic acids is 2. The summed E-state index contributed by atoms with van der Waals surface area (Å²) in [6.45, 7) is 3.75. The maximum Gasteiger partial charge on any atom is 0.318 e. The van der Waals surface area contributed by atoms with Crippen molar-refractivity contribution in [2.75, 3.05) is 32.5 Å². The van der Waals surface area contributed by atoms with E-state index in [0.717, 1.165) is 46.0 Å². The third-order valence-electron chi connectivity index (χ3n) is 8.92. The minimum atomic E-state index is -0.872. The number of amides is 3. The molecule has 0 aliphatic carbocycles. The highest BCUT2D eigenvalue weighted by Crippen LogP contribution is 2.33. The molecule has 3 aromatic carbocycles. The quantitative estimate of drug-likeness (QED) is 0.161. The predicted octanol–water partition coefficient (Wildman–Crippen LogP) is 7.33. The Morgan fingerprint density at radius 1 is 1.02 bits per heavy atom. The SMILES string of the molecule is CC(c1c[nH]c2ccccc12)C(NC(=O)N1CCC(c2ccc(F)cc2)CC1)C(=O)Nc1cc(CN(C)C)ccc1-c1ccco1. The molecule has 6 rings (SSSR count). The Labute approximate surface area is 268 Å². The second-order valence-electron chi connectivity index (χ2n) is 12.4. The van der Waals surface area contributed by atoms with Crippen LogP contribution in [0.5, 0.6) is 0 Å². The first-order valence-corrected chi connectivity index (χ1v) is 15.8. The summed E-state index contributed by atoms with van der Waals surface area (Å²) < 4.78 is 19.2. The summed E-state index contributed by atoms with van der Waals surface area (Å²) in [4.78, 5) is 35.2. The van der Waals surface area contributed by atoms with E-state index in [-0.39, 0.29) is 29.6 Å². The van der Waals surface area contributed by atoms with Crippen LogP contribution < -0.4 is 10.6 Å². The van der Waals surface area contributed by atoms with Gasteiger partial charge in [0.2, 0.25) is 5.91 Å². The normalized spacial score (nSPS) is 15.2. The zero-order chi connectivity index (χ0) is 32.2. The average molecular weight is 622 g/mol. The van der Waals surface area contributed by atoms with E-state index in [4.69, 9.17) is 4.42 Å². The zero-order valence-electron chi connectivity index (χ0n) is 26.4. The van der Waals surface area contributed by atoms with Crippen molar-refractivity contribution >= 4 is 28.5 Å². The van der Waals surface area contributed by atoms with Crippen molar-refractivity contribution in [3.05, 3.63) is 114 Å². The van der Waals surface area contributed by atoms with Crippen LogP contribution in [0.3, 0.4) is 0 Å². The minimum Gasteiger partial charge on any atom is -0.464 e. The molecule has 0 spiro atoms. The number of piperidine rings is 1. The van der Waals surface area contributed by atoms with Crippen LogP contribution in [0.2, 0.25) is 0 Å². The molecule has 1 aliphatic rings. The smallest absolute Gasteiger partial charge is 0.318 e. The van der Waals surface area contributed by atoms with Crippen LogP contribution in [-0.4, -0.2) is 59.9 Å². The van der Waals surface area contributed by atoms with Crippen LogP contribution in [-0.2, 0) is 11.3 Å². The van der Waals surface area contributed by atoms with Crippen LogP contribution >= 0.6 is 0 Å². The summed E-state index contributed by atoms with van der Waals surface area (Å²) >= 11 is 0. The molecule has 1 aliphatic heterocycles. The lowest BCUT2D eigenvalue weighted by Crippen LogP contribution is -2.53. The number of benzene rings is 3. The molecule has 2 unspecified atom stereocenters. The number of urea groups is 1. The lowest BCUT2D eigenvalue weighted by atomic mass is 9.89. The summed E-state index contributed by atoms with van der Waals surface area (Å²) in [5.41, 5.74) is 5.40. The van der Waals surface area contributed by atoms with Gasteiger partial charge in [0.05, 0.1) is 12.0 Å². The topological polar surface area (TPSA) is 93.6 Å². The van der Waals surface area contributed by atoms with Gasteiger partial charge in [0.15, 0.2) is 0 Å². The second kappa shape index (κ2) is 13.6. The van der Waals surface area contributed by atoms with Crippen molar-refractivity contribution in [3.8, 4) is 11.3 Å². The Morgan fingerprint density at radius 2 is 1.78 bits per heavy atom. The molecule has 3 heterocycles. The number of anilines is 1. The number of furan rings is 1. The summed E-state index contributed by atoms with van der Waals surface area (Å²) in [6, 6.07) is 23.0. The Balaban J connectivity index is 1.26. The highest BCUT2D eigenvalue weighted by Gasteiger charge is 2.33. The lowest BCUT2D eigenvalue weighted by molar-refractivity contribution is -0.118. The van der Waals surface area contributed by atoms with Crippen molar-refractivity contribution in [1.29, 1.82) is 0 Å². The summed E-state index contributed by atoms with van der Waals surface area (Å²) in [6.07, 6.45) is 5.05. The molecule has 8 nitrogen and oxygen atoms in total. The van der Waals surface area contributed by atoms with E-state index in [1.54, 1.807) is 11.2 Å². The molecule has 2 atom stereocenters. The van der Waals surface area contributed by atoms with Gasteiger partial charge < -0.3 is 29.8 Å². The van der Waals surface area contributed by atoms with E-state index in [2.05, 4.69) is 20.5 Å². The number of fused-ring (bicyclic) bond motifs is 1. The first-order chi connectivity index (χ1) is 22.3. The number of nitrogens with one attached hydrogen (secondary N) is 3. The first-order valence-electron chi connectivity index (χ1n) is 15.8. The van der Waals surface area contributed by atoms with Gasteiger partial charge in [0.25, 0.3) is 0 Å². The number of hydrogen-bond donors (Lipinski definition) is 3. The van der Waals surface area contributed by atoms with Gasteiger partial charge in [-0.1, -0.05) is 43.3 Å². The number of halogens is 1. The molecule has 3 amide bonds. The molecule has 3 N–H and O–H groups in total. The van der Waals surface area contributed by atoms with E-state index in [9.17, 15) is 14.0 Å². The Bertz CT molecular complexity index is 1790. The van der Waals surface area contributed by atoms with Crippen molar-refractivity contribution < 1.29 is 18.4 Å². The van der Waals surface area contributed by atoms with Crippen molar-refractivity contribution in [2.45, 2.75) is 44.2 Å². The molecule has 9 heteroatoms. The molecule has 238 valence electrons. The van der Waals surface area contributed by atoms with Gasteiger partial charge in [-0.2, -0.15) is 0 Å². The van der Waals surface area contributed by atoms with Crippen molar-refractivity contribution in [1.82, 2.24) is 20.1 Å². The molecule has 0 saturated carbocycles. The predicted molar refractivity (Wildman–Crippen MR) is 179 cm³/mol. The largest absolute Gasteiger partial charge is 0.464 e. The lowest BCUT2D eigenvalue weighted by Gasteiger charge is -2.34. The number of para-hydroxylation sites is 1. The average Bonchev–Trinajstić information content (AvgIpc) is 3.74. The molecule has 2 aromatic heterocycles. The fraction of sp³-hybridized carbons (Fsp3) is 0.297. The van der Waals surface area contributed by atoms with Crippen LogP contribution in [0.25, 0.3) is 22.2 Å². The number of hydrogen-bond acceptors (Lipinski definition) is 4. The van der Waals surface area contributed by atoms with Crippen LogP contribution in [0.1, 0.15) is 48.3 Å². The third kappa shape index (κ3) is 6.84. The Kier molecular flexibility index (Phi) is 9.21. The maximum atomic E-state index is 14.3. The van der Waals surface area contributed by atoms with Gasteiger partial charge in [-0.3, -0.25) is 4.79 Å². The fourth-order valence-electron chi connectivity index (χ4n) is 6.46. The maximum absolute atomic E-state index is 14.3. The fourth-order valence-corrected chi connectivity index (χ4v) is 6.46. The molecule has 0 bridgehead atoms. The van der Waals surface area contributed by atoms with Gasteiger partial charge in [0, 0.05) is 48.2 Å². The number of carbonyl (C=O) groups is 2. The van der Waals surface area contributed by atoms with Crippen LogP contribution in [0.4, 0.5) is 14.9 Å². The molecule has 1 saturated heterocycles. The third-order valence-corrected chi connectivity index (χ3v) is 8.92. The van der Waals surface area contributed by atoms with E-state index < -0.39 is 6.04 Å². The van der Waals surface area contributed by atoms with E-state index in [0.29, 0.717) is 31.1 Å². The summed E-state index contributed by atoms with van der Waals surface area (Å²) in [5, 5.41) is 7.26. The van der Waals surface area contributed by atoms with Crippen molar-refractivity contribution in [2.24, 2.45) is 0 Å². The number of likely N-dealkylation sites (tertiary alicyclic amines) is 1. The minimum absolute atomic E-state index is 0.253. The van der Waals surface area contributed by atoms with Gasteiger partial charge >= 0.3 is 6.03 Å². The molecule has 1 fully saturated rings. The van der Waals surface area contributed by atoms with E-state index in [1.165, 1.54) is 12.1 Å². The number of aromatic nitrogens is 1. The number of aromatic amines is 1. The van der Waals surface area contributed by atoms with Gasteiger partial charge in [-0.15, -0.1) is 0 Å². The van der Waals surface area contributed by atoms with Crippen LogP contribution in [0, 0.1) is 5.82 Å². The highest BCUT2D eigenvalue weighted by molar-refractivity contribution is 6.01. The zero-order valence-corrected chi connectivity index (χ0v) is 26.4. The second-order valence-corrected chi connectivity index (χ2v) is 12.4. The Morgan fingerprint density at radius 3 is 2.50 bits per heavy atom. The number of H-pyrrole nitrogens is 1. The van der Waals surface area contributed by atoms with Gasteiger partial charge in [-0.25, -0.2) is 9.18 Å². The molecule has 46 heavy (non-hydrogen) atoms. The van der Waals surface area contributed by atoms with Crippen molar-refractivity contribution in [3.63, 3.8) is 0 Å². The summed E-state index contributed by atoms with van der Waals surface area (Å²) in [7, 11) is 3.99. The Hall–Kier alpha value is -4.89. The van der Waals surface area contributed by atoms with Gasteiger partial charge in [-0.05, 0) is 92.0 Å². The van der Waals surface area contributed by atoms with Gasteiger partial charge in [0.1, 0.15) is 17.6 Å². The number of rotatable bonds is 9.